The van der Waals surface area contributed by atoms with Gasteiger partial charge < -0.3 is 15.5 Å². The lowest BCUT2D eigenvalue weighted by Gasteiger charge is -2.45. The zero-order valence-corrected chi connectivity index (χ0v) is 23.1. The van der Waals surface area contributed by atoms with Crippen LogP contribution in [0.5, 0.6) is 0 Å². The van der Waals surface area contributed by atoms with E-state index in [4.69, 9.17) is 11.6 Å². The van der Waals surface area contributed by atoms with Crippen molar-refractivity contribution in [3.63, 3.8) is 0 Å². The summed E-state index contributed by atoms with van der Waals surface area (Å²) in [6.45, 7) is 0. The highest BCUT2D eigenvalue weighted by atomic mass is 35.5. The van der Waals surface area contributed by atoms with Crippen molar-refractivity contribution in [1.82, 2.24) is 4.98 Å². The number of aliphatic hydroxyl groups excluding tert-OH is 1. The van der Waals surface area contributed by atoms with Crippen molar-refractivity contribution in [1.29, 1.82) is 0 Å². The van der Waals surface area contributed by atoms with Crippen molar-refractivity contribution >= 4 is 33.0 Å². The van der Waals surface area contributed by atoms with Gasteiger partial charge in [-0.3, -0.25) is 9.78 Å². The number of sulfone groups is 1. The van der Waals surface area contributed by atoms with E-state index in [-0.39, 0.29) is 39.7 Å². The lowest BCUT2D eigenvalue weighted by Crippen LogP contribution is -2.52. The van der Waals surface area contributed by atoms with Crippen LogP contribution in [0.15, 0.2) is 59.6 Å². The highest BCUT2D eigenvalue weighted by Gasteiger charge is 2.59. The Balaban J connectivity index is 1.37. The Labute approximate surface area is 242 Å². The van der Waals surface area contributed by atoms with Gasteiger partial charge >= 0.3 is 6.18 Å². The van der Waals surface area contributed by atoms with Crippen molar-refractivity contribution in [3.05, 3.63) is 88.2 Å². The van der Waals surface area contributed by atoms with Crippen LogP contribution in [0.2, 0.25) is 5.02 Å². The average Bonchev–Trinajstić information content (AvgIpc) is 3.10. The van der Waals surface area contributed by atoms with E-state index in [1.165, 1.54) is 12.1 Å². The molecule has 1 aromatic heterocycles. The molecule has 1 amide bonds. The number of anilines is 1. The molecule has 5 rings (SSSR count). The Morgan fingerprint density at radius 3 is 2.26 bits per heavy atom. The number of rotatable bonds is 6. The zero-order valence-electron chi connectivity index (χ0n) is 21.6. The van der Waals surface area contributed by atoms with Gasteiger partial charge in [-0.15, -0.1) is 0 Å². The Morgan fingerprint density at radius 2 is 1.69 bits per heavy atom. The predicted molar refractivity (Wildman–Crippen MR) is 141 cm³/mol. The van der Waals surface area contributed by atoms with Crippen LogP contribution in [-0.2, 0) is 16.0 Å². The number of hydrogen-bond acceptors (Lipinski definition) is 6. The van der Waals surface area contributed by atoms with Gasteiger partial charge in [-0.2, -0.15) is 13.2 Å². The van der Waals surface area contributed by atoms with Crippen LogP contribution in [0.4, 0.5) is 27.6 Å². The Kier molecular flexibility index (Phi) is 7.84. The quantitative estimate of drug-likeness (QED) is 0.301. The van der Waals surface area contributed by atoms with E-state index in [0.717, 1.165) is 36.4 Å². The first kappa shape index (κ1) is 30.3. The summed E-state index contributed by atoms with van der Waals surface area (Å²) in [5.41, 5.74) is -3.15. The van der Waals surface area contributed by atoms with Crippen LogP contribution in [0.3, 0.4) is 0 Å². The van der Waals surface area contributed by atoms with E-state index in [1.54, 1.807) is 0 Å². The van der Waals surface area contributed by atoms with E-state index >= 15 is 0 Å². The van der Waals surface area contributed by atoms with Crippen LogP contribution in [0, 0.1) is 23.5 Å². The molecule has 0 radical (unpaired) electrons. The number of benzene rings is 2. The second-order valence-electron chi connectivity index (χ2n) is 10.6. The monoisotopic (exact) mass is 630 g/mol. The van der Waals surface area contributed by atoms with Gasteiger partial charge in [0.15, 0.2) is 21.5 Å². The minimum Gasteiger partial charge on any atom is -0.386 e. The summed E-state index contributed by atoms with van der Waals surface area (Å²) in [7, 11) is -4.18. The maximum atomic E-state index is 13.8. The molecule has 2 fully saturated rings. The summed E-state index contributed by atoms with van der Waals surface area (Å²) < 4.78 is 93.1. The number of nitrogens with zero attached hydrogens (tertiary/aromatic N) is 1. The number of amides is 1. The topological polar surface area (TPSA) is 117 Å². The van der Waals surface area contributed by atoms with Crippen molar-refractivity contribution in [2.24, 2.45) is 11.8 Å². The summed E-state index contributed by atoms with van der Waals surface area (Å²) in [4.78, 5) is 16.1. The molecule has 224 valence electrons. The molecule has 7 nitrogen and oxygen atoms in total. The second kappa shape index (κ2) is 10.9. The van der Waals surface area contributed by atoms with Crippen LogP contribution < -0.4 is 5.32 Å². The number of aromatic nitrogens is 1. The van der Waals surface area contributed by atoms with Gasteiger partial charge in [-0.25, -0.2) is 17.2 Å². The minimum absolute atomic E-state index is 0.0532. The maximum absolute atomic E-state index is 13.8. The smallest absolute Gasteiger partial charge is 0.386 e. The Hall–Kier alpha value is -3.13. The number of halogens is 6. The van der Waals surface area contributed by atoms with Gasteiger partial charge in [-0.1, -0.05) is 11.6 Å². The van der Waals surface area contributed by atoms with E-state index in [2.05, 4.69) is 10.3 Å². The number of alkyl halides is 3. The third-order valence-electron chi connectivity index (χ3n) is 8.21. The maximum Gasteiger partial charge on any atom is 0.417 e. The fraction of sp³-hybridized carbons (Fsp3) is 0.357. The summed E-state index contributed by atoms with van der Waals surface area (Å²) in [5, 5.41) is 23.8. The highest BCUT2D eigenvalue weighted by molar-refractivity contribution is 7.92. The van der Waals surface area contributed by atoms with Crippen molar-refractivity contribution in [2.75, 3.05) is 5.32 Å². The van der Waals surface area contributed by atoms with E-state index < -0.39 is 67.9 Å². The average molecular weight is 631 g/mol. The first-order valence-electron chi connectivity index (χ1n) is 12.9. The van der Waals surface area contributed by atoms with Gasteiger partial charge in [0.25, 0.3) is 5.91 Å². The molecule has 0 spiro atoms. The fourth-order valence-electron chi connectivity index (χ4n) is 6.03. The minimum atomic E-state index is -4.63. The van der Waals surface area contributed by atoms with Crippen LogP contribution in [0.1, 0.15) is 53.4 Å². The largest absolute Gasteiger partial charge is 0.417 e. The zero-order chi connectivity index (χ0) is 30.6. The molecular weight excluding hydrogens is 607 g/mol. The molecule has 2 aliphatic carbocycles. The first-order chi connectivity index (χ1) is 19.6. The third kappa shape index (κ3) is 5.38. The molecule has 0 saturated heterocycles. The molecule has 4 unspecified atom stereocenters. The summed E-state index contributed by atoms with van der Waals surface area (Å²) in [5.74, 6) is -4.51. The molecule has 5 atom stereocenters. The summed E-state index contributed by atoms with van der Waals surface area (Å²) in [6, 6.07) is 8.05. The molecule has 14 heteroatoms. The predicted octanol–water partition coefficient (Wildman–Crippen LogP) is 5.71. The van der Waals surface area contributed by atoms with Crippen molar-refractivity contribution < 1.29 is 45.4 Å². The molecule has 42 heavy (non-hydrogen) atoms. The van der Waals surface area contributed by atoms with Crippen molar-refractivity contribution in [3.8, 4) is 0 Å². The highest BCUT2D eigenvalue weighted by Crippen LogP contribution is 2.56. The van der Waals surface area contributed by atoms with Crippen LogP contribution in [-0.4, -0.2) is 40.4 Å². The molecule has 3 aromatic rings. The normalized spacial score (nSPS) is 24.8. The third-order valence-corrected chi connectivity index (χ3v) is 10.9. The van der Waals surface area contributed by atoms with Gasteiger partial charge in [0, 0.05) is 23.5 Å². The van der Waals surface area contributed by atoms with E-state index in [0.29, 0.717) is 19.0 Å². The fourth-order valence-corrected chi connectivity index (χ4v) is 8.43. The number of pyridine rings is 1. The lowest BCUT2D eigenvalue weighted by molar-refractivity contribution is -0.146. The molecule has 3 N–H and O–H groups in total. The number of nitrogens with one attached hydrogen (secondary N) is 1. The number of carbonyl (C=O) groups excluding carboxylic acids is 1. The van der Waals surface area contributed by atoms with Crippen LogP contribution in [0.25, 0.3) is 0 Å². The molecule has 2 aromatic carbocycles. The molecule has 1 heterocycles. The SMILES string of the molecule is O=C(Nc1ccc(F)c(F)c1)c1ccc(Cl)c(S(=O)(=O)C2CC3CC[C@@H](C2)C3(O)C(O)c2ccc(C(F)(F)F)cn2)c1. The van der Waals surface area contributed by atoms with E-state index in [9.17, 15) is 45.4 Å². The number of aliphatic hydroxyl groups is 2. The molecule has 2 aliphatic rings. The standard InChI is InChI=1S/C28H24ClF5N2O5S/c29-20-6-1-14(26(38)36-18-5-7-21(30)22(31)12-18)9-24(20)42(40,41)19-10-15-2-3-16(11-19)27(15,39)25(37)23-8-4-17(13-35-23)28(32,33)34/h1,4-9,12-13,15-16,19,25,37,39H,2-3,10-11H2,(H,36,38)/t15-,16?,19?,25?,27?/m0/s1. The van der Waals surface area contributed by atoms with Gasteiger partial charge in [0.2, 0.25) is 0 Å². The van der Waals surface area contributed by atoms with E-state index in [1.807, 2.05) is 0 Å². The summed E-state index contributed by atoms with van der Waals surface area (Å²) >= 11 is 6.24. The summed E-state index contributed by atoms with van der Waals surface area (Å²) in [6.07, 6.45) is -5.12. The number of carbonyl (C=O) groups is 1. The Bertz CT molecular complexity index is 1620. The van der Waals surface area contributed by atoms with Gasteiger partial charge in [0.05, 0.1) is 26.4 Å². The second-order valence-corrected chi connectivity index (χ2v) is 13.2. The van der Waals surface area contributed by atoms with Crippen molar-refractivity contribution in [2.45, 2.75) is 53.7 Å². The van der Waals surface area contributed by atoms with Crippen LogP contribution >= 0.6 is 11.6 Å². The molecule has 2 saturated carbocycles. The van der Waals surface area contributed by atoms with Gasteiger partial charge in [0.1, 0.15) is 11.7 Å². The Morgan fingerprint density at radius 1 is 1.02 bits per heavy atom. The molecule has 2 bridgehead atoms. The number of fused-ring (bicyclic) bond motifs is 2. The first-order valence-corrected chi connectivity index (χ1v) is 14.8. The molecule has 0 aliphatic heterocycles. The lowest BCUT2D eigenvalue weighted by atomic mass is 9.70. The number of hydrogen-bond donors (Lipinski definition) is 3. The van der Waals surface area contributed by atoms with Gasteiger partial charge in [-0.05, 0) is 80.0 Å². The molecular formula is C28H24ClF5N2O5S.